The van der Waals surface area contributed by atoms with Crippen LogP contribution in [0.2, 0.25) is 0 Å². The molecule has 0 aliphatic heterocycles. The Morgan fingerprint density at radius 2 is 1.86 bits per heavy atom. The van der Waals surface area contributed by atoms with E-state index in [1.807, 2.05) is 0 Å². The van der Waals surface area contributed by atoms with Crippen molar-refractivity contribution < 1.29 is 13.2 Å². The van der Waals surface area contributed by atoms with Crippen LogP contribution in [0.1, 0.15) is 28.7 Å². The van der Waals surface area contributed by atoms with E-state index in [1.54, 1.807) is 38.2 Å². The zero-order valence-electron chi connectivity index (χ0n) is 18.6. The van der Waals surface area contributed by atoms with Crippen LogP contribution in [0.3, 0.4) is 0 Å². The Morgan fingerprint density at radius 3 is 2.51 bits per heavy atom. The fourth-order valence-electron chi connectivity index (χ4n) is 3.99. The van der Waals surface area contributed by atoms with Crippen LogP contribution in [0.25, 0.3) is 28.4 Å². The second-order valence-electron chi connectivity index (χ2n) is 7.68. The molecule has 9 nitrogen and oxygen atoms in total. The molecule has 0 aliphatic carbocycles. The first-order valence-corrected chi connectivity index (χ1v) is 10.5. The number of hydrogen-bond acceptors (Lipinski definition) is 8. The van der Waals surface area contributed by atoms with Crippen LogP contribution in [-0.2, 0) is 0 Å². The minimum absolute atomic E-state index is 0.0104. The summed E-state index contributed by atoms with van der Waals surface area (Å²) in [7, 11) is 1.54. The van der Waals surface area contributed by atoms with Crippen LogP contribution in [0, 0.1) is 29.9 Å². The van der Waals surface area contributed by atoms with Crippen LogP contribution in [0.4, 0.5) is 14.6 Å². The Labute approximate surface area is 197 Å². The van der Waals surface area contributed by atoms with Crippen molar-refractivity contribution in [3.8, 4) is 28.8 Å². The van der Waals surface area contributed by atoms with Crippen LogP contribution in [0.15, 0.2) is 53.3 Å². The maximum Gasteiger partial charge on any atom is 0.199 e. The number of aromatic nitrogens is 5. The van der Waals surface area contributed by atoms with Crippen LogP contribution in [-0.4, -0.2) is 31.6 Å². The van der Waals surface area contributed by atoms with Crippen LogP contribution in [0.5, 0.6) is 0 Å². The van der Waals surface area contributed by atoms with Gasteiger partial charge in [-0.15, -0.1) is 5.10 Å². The topological polar surface area (TPSA) is 131 Å². The standard InChI is InChI=1S/C24H18F2N8O/c1-12-21(35-11-30-12)20-18(14-7-4-3-6-13(14)10-27)31-22(28)24-32-23(33-34(20)24)19(29-2)17-15(25)8-5-9-16(17)26/h3-9,11,19,29H,1-2H3,(H2,28,31). The molecular formula is C24H18F2N8O. The van der Waals surface area contributed by atoms with Gasteiger partial charge in [-0.05, 0) is 32.2 Å². The summed E-state index contributed by atoms with van der Waals surface area (Å²) in [4.78, 5) is 13.2. The van der Waals surface area contributed by atoms with Gasteiger partial charge in [-0.25, -0.2) is 28.2 Å². The largest absolute Gasteiger partial charge is 0.441 e. The number of nitrogens with one attached hydrogen (secondary N) is 1. The number of halogens is 2. The summed E-state index contributed by atoms with van der Waals surface area (Å²) in [5.41, 5.74) is 8.25. The first-order valence-electron chi connectivity index (χ1n) is 10.5. The molecule has 174 valence electrons. The van der Waals surface area contributed by atoms with Gasteiger partial charge >= 0.3 is 0 Å². The average Bonchev–Trinajstić information content (AvgIpc) is 3.48. The molecule has 3 aromatic heterocycles. The van der Waals surface area contributed by atoms with E-state index in [4.69, 9.17) is 10.2 Å². The molecule has 3 heterocycles. The van der Waals surface area contributed by atoms with Gasteiger partial charge in [0.2, 0.25) is 0 Å². The highest BCUT2D eigenvalue weighted by atomic mass is 19.1. The van der Waals surface area contributed by atoms with E-state index in [0.717, 1.165) is 12.1 Å². The predicted molar refractivity (Wildman–Crippen MR) is 123 cm³/mol. The zero-order valence-corrected chi connectivity index (χ0v) is 18.6. The summed E-state index contributed by atoms with van der Waals surface area (Å²) in [6.07, 6.45) is 1.27. The molecule has 0 bridgehead atoms. The van der Waals surface area contributed by atoms with Crippen molar-refractivity contribution in [2.75, 3.05) is 12.8 Å². The van der Waals surface area contributed by atoms with E-state index >= 15 is 0 Å². The Kier molecular flexibility index (Phi) is 5.43. The molecule has 0 amide bonds. The van der Waals surface area contributed by atoms with Gasteiger partial charge in [-0.2, -0.15) is 5.26 Å². The molecule has 1 atom stereocenters. The molecule has 3 N–H and O–H groups in total. The van der Waals surface area contributed by atoms with Gasteiger partial charge in [-0.3, -0.25) is 0 Å². The predicted octanol–water partition coefficient (Wildman–Crippen LogP) is 3.80. The van der Waals surface area contributed by atoms with Gasteiger partial charge in [0.25, 0.3) is 0 Å². The van der Waals surface area contributed by atoms with Gasteiger partial charge in [0.05, 0.1) is 17.3 Å². The van der Waals surface area contributed by atoms with Crippen molar-refractivity contribution in [3.05, 3.63) is 83.1 Å². The lowest BCUT2D eigenvalue weighted by atomic mass is 10.0. The number of rotatable bonds is 5. The highest BCUT2D eigenvalue weighted by molar-refractivity contribution is 5.83. The summed E-state index contributed by atoms with van der Waals surface area (Å²) in [5, 5.41) is 17.1. The summed E-state index contributed by atoms with van der Waals surface area (Å²) in [6, 6.07) is 11.6. The van der Waals surface area contributed by atoms with Crippen molar-refractivity contribution in [1.29, 1.82) is 5.26 Å². The molecule has 5 rings (SSSR count). The third-order valence-electron chi connectivity index (χ3n) is 5.62. The second-order valence-corrected chi connectivity index (χ2v) is 7.68. The summed E-state index contributed by atoms with van der Waals surface area (Å²) in [5.74, 6) is -1.08. The molecule has 0 aliphatic rings. The van der Waals surface area contributed by atoms with Crippen molar-refractivity contribution in [2.45, 2.75) is 13.0 Å². The minimum atomic E-state index is -1.02. The van der Waals surface area contributed by atoms with Crippen LogP contribution >= 0.6 is 0 Å². The van der Waals surface area contributed by atoms with E-state index in [2.05, 4.69) is 31.4 Å². The lowest BCUT2D eigenvalue weighted by molar-refractivity contribution is 0.512. The average molecular weight is 472 g/mol. The van der Waals surface area contributed by atoms with E-state index in [-0.39, 0.29) is 22.9 Å². The molecule has 5 aromatic rings. The van der Waals surface area contributed by atoms with E-state index in [0.29, 0.717) is 34.0 Å². The lowest BCUT2D eigenvalue weighted by Crippen LogP contribution is -2.22. The fourth-order valence-corrected chi connectivity index (χ4v) is 3.99. The maximum absolute atomic E-state index is 14.6. The molecule has 2 aromatic carbocycles. The molecule has 35 heavy (non-hydrogen) atoms. The number of anilines is 1. The number of aryl methyl sites for hydroxylation is 1. The minimum Gasteiger partial charge on any atom is -0.441 e. The molecule has 0 radical (unpaired) electrons. The smallest absolute Gasteiger partial charge is 0.199 e. The van der Waals surface area contributed by atoms with Gasteiger partial charge in [0, 0.05) is 11.1 Å². The Balaban J connectivity index is 1.84. The molecule has 1 unspecified atom stereocenters. The molecule has 0 saturated heterocycles. The monoisotopic (exact) mass is 472 g/mol. The molecule has 0 saturated carbocycles. The lowest BCUT2D eigenvalue weighted by Gasteiger charge is -2.14. The van der Waals surface area contributed by atoms with Gasteiger partial charge in [0.15, 0.2) is 29.4 Å². The maximum atomic E-state index is 14.6. The quantitative estimate of drug-likeness (QED) is 0.395. The van der Waals surface area contributed by atoms with Gasteiger partial charge in [-0.1, -0.05) is 24.3 Å². The Bertz CT molecular complexity index is 1600. The van der Waals surface area contributed by atoms with Gasteiger partial charge < -0.3 is 15.5 Å². The van der Waals surface area contributed by atoms with Crippen molar-refractivity contribution in [3.63, 3.8) is 0 Å². The normalized spacial score (nSPS) is 12.1. The highest BCUT2D eigenvalue weighted by Crippen LogP contribution is 2.36. The van der Waals surface area contributed by atoms with E-state index in [1.165, 1.54) is 17.0 Å². The second kappa shape index (κ2) is 8.58. The van der Waals surface area contributed by atoms with Crippen molar-refractivity contribution in [2.24, 2.45) is 0 Å². The SMILES string of the molecule is CNC(c1nc2c(N)nc(-c3ccccc3C#N)c(-c3ocnc3C)n2n1)c1c(F)cccc1F. The molecule has 0 fully saturated rings. The number of oxazole rings is 1. The Hall–Kier alpha value is -4.69. The summed E-state index contributed by atoms with van der Waals surface area (Å²) >= 11 is 0. The number of nitriles is 1. The van der Waals surface area contributed by atoms with Crippen molar-refractivity contribution in [1.82, 2.24) is 29.9 Å². The number of nitrogen functional groups attached to an aromatic ring is 1. The zero-order chi connectivity index (χ0) is 24.7. The number of nitrogens with zero attached hydrogens (tertiary/aromatic N) is 6. The number of fused-ring (bicyclic) bond motifs is 1. The third kappa shape index (κ3) is 3.56. The van der Waals surface area contributed by atoms with E-state index < -0.39 is 17.7 Å². The highest BCUT2D eigenvalue weighted by Gasteiger charge is 2.29. The summed E-state index contributed by atoms with van der Waals surface area (Å²) in [6.45, 7) is 1.74. The van der Waals surface area contributed by atoms with Gasteiger partial charge in [0.1, 0.15) is 29.1 Å². The molecule has 0 spiro atoms. The molecular weight excluding hydrogens is 454 g/mol. The van der Waals surface area contributed by atoms with Crippen molar-refractivity contribution >= 4 is 11.5 Å². The fraction of sp³-hybridized carbons (Fsp3) is 0.125. The summed E-state index contributed by atoms with van der Waals surface area (Å²) < 4.78 is 36.3. The van der Waals surface area contributed by atoms with Crippen LogP contribution < -0.4 is 11.1 Å². The third-order valence-corrected chi connectivity index (χ3v) is 5.62. The van der Waals surface area contributed by atoms with E-state index in [9.17, 15) is 14.0 Å². The number of nitrogens with two attached hydrogens (primary N) is 1. The first kappa shape index (κ1) is 22.1. The number of benzene rings is 2. The Morgan fingerprint density at radius 1 is 1.11 bits per heavy atom. The first-order chi connectivity index (χ1) is 16.9. The number of hydrogen-bond donors (Lipinski definition) is 2. The molecule has 11 heteroatoms.